The summed E-state index contributed by atoms with van der Waals surface area (Å²) >= 11 is 0. The molecule has 33 heavy (non-hydrogen) atoms. The van der Waals surface area contributed by atoms with Crippen molar-refractivity contribution < 1.29 is 23.8 Å². The molecular formula is C25H25N3O5. The van der Waals surface area contributed by atoms with Gasteiger partial charge in [0.2, 0.25) is 0 Å². The molecule has 8 heteroatoms. The van der Waals surface area contributed by atoms with Crippen LogP contribution < -0.4 is 14.8 Å². The first-order chi connectivity index (χ1) is 15.9. The van der Waals surface area contributed by atoms with Crippen LogP contribution in [0.2, 0.25) is 0 Å². The Morgan fingerprint density at radius 1 is 1.03 bits per heavy atom. The van der Waals surface area contributed by atoms with Crippen molar-refractivity contribution in [1.29, 1.82) is 5.26 Å². The molecule has 0 saturated carbocycles. The van der Waals surface area contributed by atoms with E-state index in [4.69, 9.17) is 14.2 Å². The zero-order chi connectivity index (χ0) is 24.0. The second-order valence-electron chi connectivity index (χ2n) is 7.34. The van der Waals surface area contributed by atoms with Crippen LogP contribution in [0, 0.1) is 25.2 Å². The number of nitrogens with zero attached hydrogens (tertiary/aromatic N) is 2. The van der Waals surface area contributed by atoms with Crippen molar-refractivity contribution in [3.05, 3.63) is 76.5 Å². The number of ether oxygens (including phenoxy) is 3. The number of anilines is 1. The number of carbonyl (C=O) groups is 2. The number of rotatable bonds is 8. The number of carbonyl (C=O) groups excluding carboxylic acids is 2. The average Bonchev–Trinajstić information content (AvgIpc) is 3.06. The van der Waals surface area contributed by atoms with Gasteiger partial charge in [-0.1, -0.05) is 30.3 Å². The Bertz CT molecular complexity index is 1190. The summed E-state index contributed by atoms with van der Waals surface area (Å²) in [5.41, 5.74) is 3.24. The third kappa shape index (κ3) is 5.33. The minimum absolute atomic E-state index is 0.191. The van der Waals surface area contributed by atoms with E-state index in [1.807, 2.05) is 48.7 Å². The van der Waals surface area contributed by atoms with Crippen LogP contribution in [0.3, 0.4) is 0 Å². The summed E-state index contributed by atoms with van der Waals surface area (Å²) in [5, 5.41) is 12.4. The fraction of sp³-hybridized carbons (Fsp3) is 0.240. The van der Waals surface area contributed by atoms with Crippen molar-refractivity contribution in [2.75, 3.05) is 26.1 Å². The van der Waals surface area contributed by atoms with Crippen molar-refractivity contribution in [3.63, 3.8) is 0 Å². The maximum atomic E-state index is 12.6. The minimum Gasteiger partial charge on any atom is -0.497 e. The Morgan fingerprint density at radius 2 is 1.67 bits per heavy atom. The number of esters is 1. The Hall–Kier alpha value is -4.25. The molecule has 8 nitrogen and oxygen atoms in total. The number of amides is 1. The fourth-order valence-electron chi connectivity index (χ4n) is 3.40. The van der Waals surface area contributed by atoms with Gasteiger partial charge in [-0.3, -0.25) is 4.79 Å². The van der Waals surface area contributed by atoms with Gasteiger partial charge in [0.15, 0.2) is 6.61 Å². The predicted octanol–water partition coefficient (Wildman–Crippen LogP) is 3.84. The molecule has 0 saturated heterocycles. The molecule has 0 atom stereocenters. The molecule has 0 radical (unpaired) electrons. The number of hydrogen-bond acceptors (Lipinski definition) is 6. The monoisotopic (exact) mass is 447 g/mol. The standard InChI is InChI=1S/C25H25N3O5/c1-16-17(2)28(14-18-8-6-5-7-9-18)24(22(16)13-26)27-23(29)15-33-25(30)19-10-20(31-3)12-21(11-19)32-4/h5-12H,14-15H2,1-4H3,(H,27,29). The Balaban J connectivity index is 1.76. The molecule has 1 aromatic heterocycles. The molecule has 2 aromatic carbocycles. The van der Waals surface area contributed by atoms with Crippen LogP contribution in [0.15, 0.2) is 48.5 Å². The zero-order valence-electron chi connectivity index (χ0n) is 19.0. The number of nitrogens with one attached hydrogen (secondary N) is 1. The number of hydrogen-bond donors (Lipinski definition) is 1. The predicted molar refractivity (Wildman–Crippen MR) is 123 cm³/mol. The maximum absolute atomic E-state index is 12.6. The summed E-state index contributed by atoms with van der Waals surface area (Å²) in [4.78, 5) is 25.1. The summed E-state index contributed by atoms with van der Waals surface area (Å²) in [6, 6.07) is 16.5. The van der Waals surface area contributed by atoms with Crippen LogP contribution in [-0.4, -0.2) is 37.3 Å². The van der Waals surface area contributed by atoms with Crippen molar-refractivity contribution in [2.45, 2.75) is 20.4 Å². The van der Waals surface area contributed by atoms with E-state index in [0.29, 0.717) is 29.4 Å². The molecule has 3 rings (SSSR count). The molecule has 0 aliphatic carbocycles. The molecule has 1 N–H and O–H groups in total. The summed E-state index contributed by atoms with van der Waals surface area (Å²) in [5.74, 6) is -0.0277. The summed E-state index contributed by atoms with van der Waals surface area (Å²) < 4.78 is 17.4. The fourth-order valence-corrected chi connectivity index (χ4v) is 3.40. The lowest BCUT2D eigenvalue weighted by atomic mass is 10.2. The van der Waals surface area contributed by atoms with Crippen molar-refractivity contribution in [2.24, 2.45) is 0 Å². The van der Waals surface area contributed by atoms with E-state index >= 15 is 0 Å². The van der Waals surface area contributed by atoms with Gasteiger partial charge < -0.3 is 24.1 Å². The molecular weight excluding hydrogens is 422 g/mol. The molecule has 0 fully saturated rings. The average molecular weight is 447 g/mol. The number of methoxy groups -OCH3 is 2. The highest BCUT2D eigenvalue weighted by Gasteiger charge is 2.21. The lowest BCUT2D eigenvalue weighted by molar-refractivity contribution is -0.119. The van der Waals surface area contributed by atoms with Gasteiger partial charge in [0.25, 0.3) is 5.91 Å². The second-order valence-corrected chi connectivity index (χ2v) is 7.34. The SMILES string of the molecule is COc1cc(OC)cc(C(=O)OCC(=O)Nc2c(C#N)c(C)c(C)n2Cc2ccccc2)c1. The van der Waals surface area contributed by atoms with Gasteiger partial charge in [0, 0.05) is 18.3 Å². The Morgan fingerprint density at radius 3 is 2.24 bits per heavy atom. The van der Waals surface area contributed by atoms with Crippen molar-refractivity contribution >= 4 is 17.7 Å². The molecule has 0 aliphatic heterocycles. The minimum atomic E-state index is -0.699. The molecule has 170 valence electrons. The van der Waals surface area contributed by atoms with Crippen molar-refractivity contribution in [1.82, 2.24) is 4.57 Å². The smallest absolute Gasteiger partial charge is 0.338 e. The van der Waals surface area contributed by atoms with E-state index < -0.39 is 18.5 Å². The van der Waals surface area contributed by atoms with Crippen LogP contribution in [0.1, 0.15) is 32.7 Å². The van der Waals surface area contributed by atoms with E-state index in [9.17, 15) is 14.9 Å². The lowest BCUT2D eigenvalue weighted by Crippen LogP contribution is -2.23. The first-order valence-corrected chi connectivity index (χ1v) is 10.2. The highest BCUT2D eigenvalue weighted by molar-refractivity contribution is 5.96. The van der Waals surface area contributed by atoms with Crippen LogP contribution in [0.5, 0.6) is 11.5 Å². The van der Waals surface area contributed by atoms with Gasteiger partial charge >= 0.3 is 5.97 Å². The second kappa shape index (κ2) is 10.4. The van der Waals surface area contributed by atoms with Gasteiger partial charge in [-0.05, 0) is 37.1 Å². The van der Waals surface area contributed by atoms with Crippen LogP contribution >= 0.6 is 0 Å². The van der Waals surface area contributed by atoms with Crippen LogP contribution in [0.4, 0.5) is 5.82 Å². The topological polar surface area (TPSA) is 103 Å². The van der Waals surface area contributed by atoms with Gasteiger partial charge in [0.05, 0.1) is 25.3 Å². The third-order valence-electron chi connectivity index (χ3n) is 5.30. The third-order valence-corrected chi connectivity index (χ3v) is 5.30. The van der Waals surface area contributed by atoms with E-state index in [1.54, 1.807) is 6.07 Å². The van der Waals surface area contributed by atoms with E-state index in [-0.39, 0.29) is 5.56 Å². The normalized spacial score (nSPS) is 10.3. The lowest BCUT2D eigenvalue weighted by Gasteiger charge is -2.13. The van der Waals surface area contributed by atoms with E-state index in [2.05, 4.69) is 11.4 Å². The number of benzene rings is 2. The molecule has 0 unspecified atom stereocenters. The summed E-state index contributed by atoms with van der Waals surface area (Å²) in [6.45, 7) is 3.69. The van der Waals surface area contributed by atoms with E-state index in [0.717, 1.165) is 16.8 Å². The summed E-state index contributed by atoms with van der Waals surface area (Å²) in [7, 11) is 2.94. The molecule has 0 aliphatic rings. The maximum Gasteiger partial charge on any atom is 0.338 e. The van der Waals surface area contributed by atoms with Gasteiger partial charge in [-0.15, -0.1) is 0 Å². The quantitative estimate of drug-likeness (QED) is 0.527. The number of nitriles is 1. The first kappa shape index (κ1) is 23.4. The van der Waals surface area contributed by atoms with Gasteiger partial charge in [-0.2, -0.15) is 5.26 Å². The molecule has 0 bridgehead atoms. The molecule has 1 heterocycles. The van der Waals surface area contributed by atoms with Crippen molar-refractivity contribution in [3.8, 4) is 17.6 Å². The molecule has 0 spiro atoms. The highest BCUT2D eigenvalue weighted by atomic mass is 16.5. The highest BCUT2D eigenvalue weighted by Crippen LogP contribution is 2.27. The van der Waals surface area contributed by atoms with Gasteiger partial charge in [-0.25, -0.2) is 4.79 Å². The van der Waals surface area contributed by atoms with E-state index in [1.165, 1.54) is 26.4 Å². The summed E-state index contributed by atoms with van der Waals surface area (Å²) in [6.07, 6.45) is 0. The number of aromatic nitrogens is 1. The zero-order valence-corrected chi connectivity index (χ0v) is 19.0. The van der Waals surface area contributed by atoms with Gasteiger partial charge in [0.1, 0.15) is 23.4 Å². The Labute approximate surface area is 192 Å². The molecule has 3 aromatic rings. The first-order valence-electron chi connectivity index (χ1n) is 10.2. The Kier molecular flexibility index (Phi) is 7.36. The van der Waals surface area contributed by atoms with Crippen LogP contribution in [-0.2, 0) is 16.1 Å². The largest absolute Gasteiger partial charge is 0.497 e. The van der Waals surface area contributed by atoms with Crippen LogP contribution in [0.25, 0.3) is 0 Å². The molecule has 1 amide bonds.